The maximum absolute atomic E-state index is 5.78. The molecule has 1 atom stereocenters. The van der Waals surface area contributed by atoms with Crippen LogP contribution in [0.3, 0.4) is 0 Å². The molecule has 21 heavy (non-hydrogen) atoms. The van der Waals surface area contributed by atoms with Crippen LogP contribution in [0.4, 0.5) is 0 Å². The van der Waals surface area contributed by atoms with Crippen molar-refractivity contribution in [2.45, 2.75) is 59.4 Å². The molecule has 0 aliphatic carbocycles. The van der Waals surface area contributed by atoms with E-state index < -0.39 is 0 Å². The SMILES string of the molecule is Cc1cccc(C(CCOCC(C)C)CNC(C)(C)C)c1. The smallest absolute Gasteiger partial charge is 0.0488 e. The number of hydrogen-bond acceptors (Lipinski definition) is 2. The number of rotatable bonds is 8. The molecule has 2 nitrogen and oxygen atoms in total. The first-order chi connectivity index (χ1) is 9.78. The van der Waals surface area contributed by atoms with Gasteiger partial charge in [0.25, 0.3) is 0 Å². The van der Waals surface area contributed by atoms with Crippen LogP contribution >= 0.6 is 0 Å². The van der Waals surface area contributed by atoms with Crippen molar-refractivity contribution in [1.29, 1.82) is 0 Å². The van der Waals surface area contributed by atoms with E-state index in [2.05, 4.69) is 71.1 Å². The maximum atomic E-state index is 5.78. The molecule has 0 heterocycles. The summed E-state index contributed by atoms with van der Waals surface area (Å²) in [6.07, 6.45) is 1.07. The summed E-state index contributed by atoms with van der Waals surface area (Å²) >= 11 is 0. The van der Waals surface area contributed by atoms with Gasteiger partial charge in [-0.15, -0.1) is 0 Å². The lowest BCUT2D eigenvalue weighted by Gasteiger charge is -2.26. The van der Waals surface area contributed by atoms with Crippen LogP contribution < -0.4 is 5.32 Å². The molecule has 0 aromatic heterocycles. The monoisotopic (exact) mass is 291 g/mol. The molecule has 1 aromatic carbocycles. The van der Waals surface area contributed by atoms with Crippen molar-refractivity contribution < 1.29 is 4.74 Å². The van der Waals surface area contributed by atoms with Gasteiger partial charge >= 0.3 is 0 Å². The molecule has 0 radical (unpaired) electrons. The van der Waals surface area contributed by atoms with Crippen LogP contribution in [-0.2, 0) is 4.74 Å². The Kier molecular flexibility index (Phi) is 7.41. The number of benzene rings is 1. The third-order valence-electron chi connectivity index (χ3n) is 3.45. The van der Waals surface area contributed by atoms with Crippen LogP contribution in [0.25, 0.3) is 0 Å². The highest BCUT2D eigenvalue weighted by atomic mass is 16.5. The van der Waals surface area contributed by atoms with E-state index in [0.29, 0.717) is 11.8 Å². The summed E-state index contributed by atoms with van der Waals surface area (Å²) in [6, 6.07) is 8.86. The number of aryl methyl sites for hydroxylation is 1. The third-order valence-corrected chi connectivity index (χ3v) is 3.45. The van der Waals surface area contributed by atoms with E-state index in [0.717, 1.165) is 26.2 Å². The highest BCUT2D eigenvalue weighted by molar-refractivity contribution is 5.25. The van der Waals surface area contributed by atoms with Gasteiger partial charge in [0.15, 0.2) is 0 Å². The lowest BCUT2D eigenvalue weighted by atomic mass is 9.93. The fourth-order valence-corrected chi connectivity index (χ4v) is 2.28. The van der Waals surface area contributed by atoms with E-state index in [1.54, 1.807) is 0 Å². The molecular formula is C19H33NO. The quantitative estimate of drug-likeness (QED) is 0.711. The van der Waals surface area contributed by atoms with Crippen molar-refractivity contribution in [3.8, 4) is 0 Å². The van der Waals surface area contributed by atoms with Crippen LogP contribution in [-0.4, -0.2) is 25.3 Å². The predicted octanol–water partition coefficient (Wildman–Crippen LogP) is 4.53. The Morgan fingerprint density at radius 3 is 2.48 bits per heavy atom. The fraction of sp³-hybridized carbons (Fsp3) is 0.684. The van der Waals surface area contributed by atoms with Crippen molar-refractivity contribution in [3.63, 3.8) is 0 Å². The van der Waals surface area contributed by atoms with Gasteiger partial charge in [-0.25, -0.2) is 0 Å². The van der Waals surface area contributed by atoms with Crippen molar-refractivity contribution >= 4 is 0 Å². The Morgan fingerprint density at radius 2 is 1.90 bits per heavy atom. The molecule has 1 rings (SSSR count). The summed E-state index contributed by atoms with van der Waals surface area (Å²) in [7, 11) is 0. The third kappa shape index (κ3) is 8.23. The van der Waals surface area contributed by atoms with Gasteiger partial charge in [-0.2, -0.15) is 0 Å². The van der Waals surface area contributed by atoms with Crippen LogP contribution in [0.2, 0.25) is 0 Å². The lowest BCUT2D eigenvalue weighted by molar-refractivity contribution is 0.103. The van der Waals surface area contributed by atoms with Crippen molar-refractivity contribution in [1.82, 2.24) is 5.32 Å². The summed E-state index contributed by atoms with van der Waals surface area (Å²) in [5, 5.41) is 3.63. The van der Waals surface area contributed by atoms with E-state index in [1.165, 1.54) is 11.1 Å². The van der Waals surface area contributed by atoms with E-state index in [4.69, 9.17) is 4.74 Å². The van der Waals surface area contributed by atoms with Gasteiger partial charge in [0, 0.05) is 25.3 Å². The molecule has 0 amide bonds. The number of nitrogens with one attached hydrogen (secondary N) is 1. The van der Waals surface area contributed by atoms with E-state index in [-0.39, 0.29) is 5.54 Å². The minimum atomic E-state index is 0.154. The predicted molar refractivity (Wildman–Crippen MR) is 91.9 cm³/mol. The molecule has 0 spiro atoms. The Balaban J connectivity index is 2.61. The molecule has 0 saturated carbocycles. The average Bonchev–Trinajstić information content (AvgIpc) is 2.36. The van der Waals surface area contributed by atoms with Crippen LogP contribution in [0.15, 0.2) is 24.3 Å². The molecule has 2 heteroatoms. The second-order valence-electron chi connectivity index (χ2n) is 7.50. The largest absolute Gasteiger partial charge is 0.381 e. The molecule has 120 valence electrons. The Morgan fingerprint density at radius 1 is 1.19 bits per heavy atom. The second kappa shape index (κ2) is 8.55. The molecule has 0 bridgehead atoms. The minimum absolute atomic E-state index is 0.154. The zero-order valence-corrected chi connectivity index (χ0v) is 14.7. The van der Waals surface area contributed by atoms with Crippen molar-refractivity contribution in [2.24, 2.45) is 5.92 Å². The molecule has 0 fully saturated rings. The molecule has 1 aromatic rings. The minimum Gasteiger partial charge on any atom is -0.381 e. The normalized spacial score (nSPS) is 13.7. The van der Waals surface area contributed by atoms with Crippen molar-refractivity contribution in [3.05, 3.63) is 35.4 Å². The summed E-state index contributed by atoms with van der Waals surface area (Å²) in [5.41, 5.74) is 2.90. The average molecular weight is 291 g/mol. The second-order valence-corrected chi connectivity index (χ2v) is 7.50. The van der Waals surface area contributed by atoms with Gasteiger partial charge in [0.1, 0.15) is 0 Å². The van der Waals surface area contributed by atoms with Gasteiger partial charge in [0.05, 0.1) is 0 Å². The molecule has 0 aliphatic rings. The summed E-state index contributed by atoms with van der Waals surface area (Å²) < 4.78 is 5.78. The summed E-state index contributed by atoms with van der Waals surface area (Å²) in [5.74, 6) is 1.12. The molecular weight excluding hydrogens is 258 g/mol. The molecule has 0 saturated heterocycles. The van der Waals surface area contributed by atoms with Gasteiger partial charge < -0.3 is 10.1 Å². The highest BCUT2D eigenvalue weighted by Crippen LogP contribution is 2.21. The highest BCUT2D eigenvalue weighted by Gasteiger charge is 2.16. The van der Waals surface area contributed by atoms with Crippen molar-refractivity contribution in [2.75, 3.05) is 19.8 Å². The first-order valence-corrected chi connectivity index (χ1v) is 8.17. The van der Waals surface area contributed by atoms with Gasteiger partial charge in [-0.05, 0) is 51.5 Å². The van der Waals surface area contributed by atoms with E-state index in [1.807, 2.05) is 0 Å². The zero-order chi connectivity index (χ0) is 15.9. The maximum Gasteiger partial charge on any atom is 0.0488 e. The Hall–Kier alpha value is -0.860. The first kappa shape index (κ1) is 18.2. The topological polar surface area (TPSA) is 21.3 Å². The van der Waals surface area contributed by atoms with Gasteiger partial charge in [-0.1, -0.05) is 43.7 Å². The number of ether oxygens (including phenoxy) is 1. The molecule has 1 N–H and O–H groups in total. The standard InChI is InChI=1S/C19H33NO/c1-15(2)14-21-11-10-18(13-20-19(4,5)6)17-9-7-8-16(3)12-17/h7-9,12,15,18,20H,10-11,13-14H2,1-6H3. The molecule has 0 aliphatic heterocycles. The van der Waals surface area contributed by atoms with E-state index in [9.17, 15) is 0 Å². The first-order valence-electron chi connectivity index (χ1n) is 8.17. The van der Waals surface area contributed by atoms with Gasteiger partial charge in [0.2, 0.25) is 0 Å². The Labute approximate surface area is 131 Å². The van der Waals surface area contributed by atoms with E-state index >= 15 is 0 Å². The lowest BCUT2D eigenvalue weighted by Crippen LogP contribution is -2.38. The fourth-order valence-electron chi connectivity index (χ4n) is 2.28. The number of hydrogen-bond donors (Lipinski definition) is 1. The van der Waals surface area contributed by atoms with Crippen LogP contribution in [0.5, 0.6) is 0 Å². The van der Waals surface area contributed by atoms with Gasteiger partial charge in [-0.3, -0.25) is 0 Å². The summed E-state index contributed by atoms with van der Waals surface area (Å²) in [4.78, 5) is 0. The zero-order valence-electron chi connectivity index (χ0n) is 14.7. The molecule has 1 unspecified atom stereocenters. The Bertz CT molecular complexity index is 406. The van der Waals surface area contributed by atoms with Crippen LogP contribution in [0, 0.1) is 12.8 Å². The van der Waals surface area contributed by atoms with Crippen LogP contribution in [0.1, 0.15) is 58.1 Å². The summed E-state index contributed by atoms with van der Waals surface area (Å²) in [6.45, 7) is 15.9.